The molecule has 1 N–H and O–H groups in total. The Morgan fingerprint density at radius 2 is 2.00 bits per heavy atom. The summed E-state index contributed by atoms with van der Waals surface area (Å²) in [7, 11) is 1.35. The fourth-order valence-corrected chi connectivity index (χ4v) is 3.11. The van der Waals surface area contributed by atoms with Crippen molar-refractivity contribution >= 4 is 17.9 Å². The normalized spacial score (nSPS) is 23.3. The number of ether oxygens (including phenoxy) is 1. The molecule has 2 saturated heterocycles. The van der Waals surface area contributed by atoms with Crippen molar-refractivity contribution in [1.82, 2.24) is 15.1 Å². The van der Waals surface area contributed by atoms with E-state index in [0.717, 1.165) is 4.90 Å². The zero-order valence-electron chi connectivity index (χ0n) is 13.7. The number of carbonyl (C=O) groups is 3. The van der Waals surface area contributed by atoms with Gasteiger partial charge < -0.3 is 10.1 Å². The van der Waals surface area contributed by atoms with Crippen LogP contribution in [0.25, 0.3) is 0 Å². The van der Waals surface area contributed by atoms with E-state index in [1.165, 1.54) is 7.11 Å². The topological polar surface area (TPSA) is 103 Å². The highest BCUT2D eigenvalue weighted by molar-refractivity contribution is 6.07. The Bertz CT molecular complexity index is 548. The van der Waals surface area contributed by atoms with Crippen LogP contribution in [0.15, 0.2) is 0 Å². The van der Waals surface area contributed by atoms with Crippen molar-refractivity contribution in [2.24, 2.45) is 5.92 Å². The number of nitriles is 1. The number of imide groups is 1. The van der Waals surface area contributed by atoms with E-state index in [-0.39, 0.29) is 24.5 Å². The molecule has 8 nitrogen and oxygen atoms in total. The summed E-state index contributed by atoms with van der Waals surface area (Å²) in [6.45, 7) is 4.57. The van der Waals surface area contributed by atoms with Crippen molar-refractivity contribution in [3.8, 4) is 6.07 Å². The molecule has 23 heavy (non-hydrogen) atoms. The van der Waals surface area contributed by atoms with Crippen molar-refractivity contribution in [3.05, 3.63) is 0 Å². The molecule has 0 aromatic rings. The molecule has 1 spiro atoms. The molecule has 0 aromatic carbocycles. The Hall–Kier alpha value is -2.14. The van der Waals surface area contributed by atoms with E-state index < -0.39 is 17.5 Å². The molecule has 3 amide bonds. The third kappa shape index (κ3) is 3.15. The van der Waals surface area contributed by atoms with Gasteiger partial charge in [0.25, 0.3) is 5.91 Å². The molecule has 0 aliphatic carbocycles. The quantitative estimate of drug-likeness (QED) is 0.581. The van der Waals surface area contributed by atoms with Crippen molar-refractivity contribution in [3.63, 3.8) is 0 Å². The molecule has 2 aliphatic heterocycles. The number of nitrogens with one attached hydrogen (secondary N) is 1. The summed E-state index contributed by atoms with van der Waals surface area (Å²) >= 11 is 0. The molecule has 2 fully saturated rings. The number of carbonyl (C=O) groups excluding carboxylic acids is 3. The lowest BCUT2D eigenvalue weighted by Crippen LogP contribution is -2.57. The van der Waals surface area contributed by atoms with Crippen LogP contribution >= 0.6 is 0 Å². The van der Waals surface area contributed by atoms with Crippen molar-refractivity contribution < 1.29 is 19.1 Å². The number of hydrogen-bond donors (Lipinski definition) is 1. The molecular formula is C15H22N4O4. The lowest BCUT2D eigenvalue weighted by molar-refractivity contribution is -0.147. The minimum Gasteiger partial charge on any atom is -0.468 e. The predicted molar refractivity (Wildman–Crippen MR) is 80.0 cm³/mol. The standard InChI is InChI=1S/C15H22N4O4/c1-10(8-16)9-19-13(21)15(17-14(19)22)4-6-18(7-5-15)11(2)12(20)23-3/h10-11H,4-7,9H2,1-3H3,(H,17,22). The van der Waals surface area contributed by atoms with E-state index in [1.807, 2.05) is 11.0 Å². The number of esters is 1. The minimum absolute atomic E-state index is 0.102. The highest BCUT2D eigenvalue weighted by Gasteiger charge is 2.52. The van der Waals surface area contributed by atoms with Gasteiger partial charge in [-0.05, 0) is 26.7 Å². The van der Waals surface area contributed by atoms with E-state index in [0.29, 0.717) is 25.9 Å². The number of hydrogen-bond acceptors (Lipinski definition) is 6. The number of likely N-dealkylation sites (tertiary alicyclic amines) is 1. The summed E-state index contributed by atoms with van der Waals surface area (Å²) in [4.78, 5) is 39.4. The molecule has 2 aliphatic rings. The minimum atomic E-state index is -0.904. The van der Waals surface area contributed by atoms with Crippen LogP contribution in [-0.2, 0) is 14.3 Å². The van der Waals surface area contributed by atoms with Gasteiger partial charge in [0.15, 0.2) is 0 Å². The van der Waals surface area contributed by atoms with Gasteiger partial charge in [0.2, 0.25) is 0 Å². The van der Waals surface area contributed by atoms with Crippen LogP contribution in [-0.4, -0.2) is 66.0 Å². The SMILES string of the molecule is COC(=O)C(C)N1CCC2(CC1)NC(=O)N(CC(C)C#N)C2=O. The number of amides is 3. The largest absolute Gasteiger partial charge is 0.468 e. The second-order valence-electron chi connectivity index (χ2n) is 6.19. The van der Waals surface area contributed by atoms with E-state index in [2.05, 4.69) is 5.32 Å². The molecule has 2 heterocycles. The summed E-state index contributed by atoms with van der Waals surface area (Å²) in [6, 6.07) is 1.22. The van der Waals surface area contributed by atoms with Gasteiger partial charge in [0.1, 0.15) is 11.6 Å². The van der Waals surface area contributed by atoms with E-state index in [4.69, 9.17) is 10.00 Å². The maximum Gasteiger partial charge on any atom is 0.325 e. The molecule has 2 unspecified atom stereocenters. The van der Waals surface area contributed by atoms with Crippen LogP contribution in [0.3, 0.4) is 0 Å². The average molecular weight is 322 g/mol. The van der Waals surface area contributed by atoms with Gasteiger partial charge in [0.05, 0.1) is 19.1 Å². The van der Waals surface area contributed by atoms with Crippen LogP contribution < -0.4 is 5.32 Å². The van der Waals surface area contributed by atoms with Crippen LogP contribution in [0.4, 0.5) is 4.79 Å². The Kier molecular flexibility index (Phi) is 4.90. The van der Waals surface area contributed by atoms with E-state index >= 15 is 0 Å². The number of piperidine rings is 1. The molecule has 0 aromatic heterocycles. The van der Waals surface area contributed by atoms with Gasteiger partial charge >= 0.3 is 12.0 Å². The predicted octanol–water partition coefficient (Wildman–Crippen LogP) is 0.0940. The summed E-state index contributed by atoms with van der Waals surface area (Å²) in [5.41, 5.74) is -0.904. The lowest BCUT2D eigenvalue weighted by Gasteiger charge is -2.39. The molecule has 126 valence electrons. The maximum atomic E-state index is 12.6. The summed E-state index contributed by atoms with van der Waals surface area (Å²) in [5.74, 6) is -0.985. The third-order valence-corrected chi connectivity index (χ3v) is 4.66. The first-order chi connectivity index (χ1) is 10.8. The lowest BCUT2D eigenvalue weighted by atomic mass is 9.87. The van der Waals surface area contributed by atoms with Gasteiger partial charge in [-0.2, -0.15) is 5.26 Å². The fourth-order valence-electron chi connectivity index (χ4n) is 3.11. The van der Waals surface area contributed by atoms with Gasteiger partial charge in [-0.3, -0.25) is 19.4 Å². The smallest absolute Gasteiger partial charge is 0.325 e. The fraction of sp³-hybridized carbons (Fsp3) is 0.733. The Balaban J connectivity index is 2.03. The first-order valence-electron chi connectivity index (χ1n) is 7.70. The van der Waals surface area contributed by atoms with E-state index in [9.17, 15) is 14.4 Å². The molecule has 2 rings (SSSR count). The number of rotatable bonds is 4. The van der Waals surface area contributed by atoms with E-state index in [1.54, 1.807) is 13.8 Å². The van der Waals surface area contributed by atoms with Crippen molar-refractivity contribution in [2.75, 3.05) is 26.7 Å². The van der Waals surface area contributed by atoms with Gasteiger partial charge in [-0.15, -0.1) is 0 Å². The Labute approximate surface area is 135 Å². The summed E-state index contributed by atoms with van der Waals surface area (Å²) < 4.78 is 4.74. The van der Waals surface area contributed by atoms with Crippen LogP contribution in [0, 0.1) is 17.2 Å². The van der Waals surface area contributed by atoms with Crippen LogP contribution in [0.5, 0.6) is 0 Å². The second-order valence-corrected chi connectivity index (χ2v) is 6.19. The molecule has 2 atom stereocenters. The third-order valence-electron chi connectivity index (χ3n) is 4.66. The highest BCUT2D eigenvalue weighted by atomic mass is 16.5. The van der Waals surface area contributed by atoms with Gasteiger partial charge in [-0.1, -0.05) is 0 Å². The van der Waals surface area contributed by atoms with Crippen LogP contribution in [0.1, 0.15) is 26.7 Å². The van der Waals surface area contributed by atoms with Gasteiger partial charge in [0, 0.05) is 19.6 Å². The Morgan fingerprint density at radius 1 is 1.39 bits per heavy atom. The molecule has 8 heteroatoms. The first-order valence-corrected chi connectivity index (χ1v) is 7.70. The zero-order valence-corrected chi connectivity index (χ0v) is 13.7. The monoisotopic (exact) mass is 322 g/mol. The van der Waals surface area contributed by atoms with Crippen molar-refractivity contribution in [2.45, 2.75) is 38.3 Å². The highest BCUT2D eigenvalue weighted by Crippen LogP contribution is 2.30. The Morgan fingerprint density at radius 3 is 2.52 bits per heavy atom. The molecule has 0 saturated carbocycles. The second kappa shape index (κ2) is 6.54. The molecule has 0 bridgehead atoms. The van der Waals surface area contributed by atoms with Crippen LogP contribution in [0.2, 0.25) is 0 Å². The number of urea groups is 1. The average Bonchev–Trinajstić information content (AvgIpc) is 2.78. The van der Waals surface area contributed by atoms with Gasteiger partial charge in [-0.25, -0.2) is 4.79 Å². The number of nitrogens with zero attached hydrogens (tertiary/aromatic N) is 3. The molecular weight excluding hydrogens is 300 g/mol. The maximum absolute atomic E-state index is 12.6. The first kappa shape index (κ1) is 17.2. The van der Waals surface area contributed by atoms with Crippen molar-refractivity contribution in [1.29, 1.82) is 5.26 Å². The zero-order chi connectivity index (χ0) is 17.2. The number of methoxy groups -OCH3 is 1. The summed E-state index contributed by atoms with van der Waals surface area (Å²) in [6.07, 6.45) is 0.882. The summed E-state index contributed by atoms with van der Waals surface area (Å²) in [5, 5.41) is 11.7. The molecule has 0 radical (unpaired) electrons.